The van der Waals surface area contributed by atoms with Gasteiger partial charge >= 0.3 is 0 Å². The maximum atomic E-state index is 12.6. The number of rotatable bonds is 5. The summed E-state index contributed by atoms with van der Waals surface area (Å²) in [7, 11) is 0. The Kier molecular flexibility index (Phi) is 4.56. The molecule has 4 heteroatoms. The van der Waals surface area contributed by atoms with Crippen molar-refractivity contribution >= 4 is 5.78 Å². The van der Waals surface area contributed by atoms with Crippen molar-refractivity contribution in [1.82, 2.24) is 9.80 Å². The van der Waals surface area contributed by atoms with Gasteiger partial charge in [-0.15, -0.1) is 0 Å². The van der Waals surface area contributed by atoms with E-state index in [1.165, 1.54) is 19.4 Å². The van der Waals surface area contributed by atoms with Crippen molar-refractivity contribution in [1.29, 1.82) is 0 Å². The molecule has 0 N–H and O–H groups in total. The van der Waals surface area contributed by atoms with Crippen LogP contribution in [0.3, 0.4) is 0 Å². The zero-order chi connectivity index (χ0) is 14.7. The van der Waals surface area contributed by atoms with Crippen LogP contribution in [0.5, 0.6) is 5.75 Å². The fourth-order valence-electron chi connectivity index (χ4n) is 3.47. The van der Waals surface area contributed by atoms with E-state index < -0.39 is 0 Å². The number of benzene rings is 1. The molecular formula is C17H24N2O2. The normalized spacial score (nSPS) is 23.0. The van der Waals surface area contributed by atoms with Crippen molar-refractivity contribution in [2.75, 3.05) is 39.3 Å². The molecule has 2 saturated heterocycles. The summed E-state index contributed by atoms with van der Waals surface area (Å²) < 4.78 is 5.57. The van der Waals surface area contributed by atoms with E-state index in [0.717, 1.165) is 19.6 Å². The molecule has 0 spiro atoms. The molecule has 2 fully saturated rings. The Labute approximate surface area is 126 Å². The molecule has 1 aromatic rings. The van der Waals surface area contributed by atoms with Crippen LogP contribution in [0.15, 0.2) is 24.3 Å². The third-order valence-corrected chi connectivity index (χ3v) is 4.53. The van der Waals surface area contributed by atoms with Crippen LogP contribution in [0.25, 0.3) is 0 Å². The molecule has 0 radical (unpaired) electrons. The predicted octanol–water partition coefficient (Wildman–Crippen LogP) is 2.05. The lowest BCUT2D eigenvalue weighted by atomic mass is 10.1. The Bertz CT molecular complexity index is 503. The summed E-state index contributed by atoms with van der Waals surface area (Å²) in [6.45, 7) is 7.41. The smallest absolute Gasteiger partial charge is 0.180 e. The van der Waals surface area contributed by atoms with E-state index in [2.05, 4.69) is 9.80 Å². The summed E-state index contributed by atoms with van der Waals surface area (Å²) in [5, 5.41) is 0. The molecule has 21 heavy (non-hydrogen) atoms. The number of ether oxygens (including phenoxy) is 1. The number of piperazine rings is 1. The van der Waals surface area contributed by atoms with Crippen molar-refractivity contribution < 1.29 is 9.53 Å². The number of Topliss-reactive ketones (excluding diaryl/α,β-unsaturated/α-hetero) is 1. The molecule has 1 aromatic carbocycles. The molecule has 0 aromatic heterocycles. The summed E-state index contributed by atoms with van der Waals surface area (Å²) >= 11 is 0. The molecule has 0 aliphatic carbocycles. The molecule has 4 nitrogen and oxygen atoms in total. The largest absolute Gasteiger partial charge is 0.493 e. The van der Waals surface area contributed by atoms with Gasteiger partial charge in [0.2, 0.25) is 0 Å². The summed E-state index contributed by atoms with van der Waals surface area (Å²) in [5.74, 6) is 0.884. The SMILES string of the molecule is CCOc1ccccc1C(=O)CN1CCN2CCCC2C1. The molecule has 0 bridgehead atoms. The van der Waals surface area contributed by atoms with E-state index in [1.54, 1.807) is 0 Å². The van der Waals surface area contributed by atoms with E-state index in [-0.39, 0.29) is 5.78 Å². The zero-order valence-corrected chi connectivity index (χ0v) is 12.8. The van der Waals surface area contributed by atoms with Gasteiger partial charge < -0.3 is 4.74 Å². The van der Waals surface area contributed by atoms with E-state index >= 15 is 0 Å². The number of hydrogen-bond acceptors (Lipinski definition) is 4. The molecular weight excluding hydrogens is 264 g/mol. The van der Waals surface area contributed by atoms with Gasteiger partial charge in [0.25, 0.3) is 0 Å². The predicted molar refractivity (Wildman–Crippen MR) is 83.0 cm³/mol. The third-order valence-electron chi connectivity index (χ3n) is 4.53. The summed E-state index contributed by atoms with van der Waals surface area (Å²) in [6.07, 6.45) is 2.58. The van der Waals surface area contributed by atoms with Crippen LogP contribution >= 0.6 is 0 Å². The first-order valence-electron chi connectivity index (χ1n) is 7.99. The van der Waals surface area contributed by atoms with Gasteiger partial charge in [0, 0.05) is 25.7 Å². The van der Waals surface area contributed by atoms with Gasteiger partial charge in [-0.2, -0.15) is 0 Å². The molecule has 2 heterocycles. The molecule has 2 aliphatic heterocycles. The summed E-state index contributed by atoms with van der Waals surface area (Å²) in [4.78, 5) is 17.4. The number of carbonyl (C=O) groups excluding carboxylic acids is 1. The Hall–Kier alpha value is -1.39. The summed E-state index contributed by atoms with van der Waals surface area (Å²) in [6, 6.07) is 8.24. The Balaban J connectivity index is 1.63. The highest BCUT2D eigenvalue weighted by Gasteiger charge is 2.31. The standard InChI is InChI=1S/C17H24N2O2/c1-2-21-17-8-4-3-7-15(17)16(20)13-18-10-11-19-9-5-6-14(19)12-18/h3-4,7-8,14H,2,5-6,9-13H2,1H3. The van der Waals surface area contributed by atoms with Gasteiger partial charge in [0.05, 0.1) is 18.7 Å². The number of carbonyl (C=O) groups is 1. The van der Waals surface area contributed by atoms with Gasteiger partial charge in [0.15, 0.2) is 5.78 Å². The van der Waals surface area contributed by atoms with Gasteiger partial charge in [-0.05, 0) is 38.4 Å². The quantitative estimate of drug-likeness (QED) is 0.776. The van der Waals surface area contributed by atoms with E-state index in [4.69, 9.17) is 4.74 Å². The number of fused-ring (bicyclic) bond motifs is 1. The maximum Gasteiger partial charge on any atom is 0.180 e. The fraction of sp³-hybridized carbons (Fsp3) is 0.588. The molecule has 114 valence electrons. The Morgan fingerprint density at radius 1 is 1.29 bits per heavy atom. The average Bonchev–Trinajstić information content (AvgIpc) is 2.95. The van der Waals surface area contributed by atoms with Crippen LogP contribution in [0, 0.1) is 0 Å². The van der Waals surface area contributed by atoms with E-state index in [9.17, 15) is 4.79 Å². The Morgan fingerprint density at radius 3 is 3.00 bits per heavy atom. The zero-order valence-electron chi connectivity index (χ0n) is 12.8. The lowest BCUT2D eigenvalue weighted by Gasteiger charge is -2.37. The number of hydrogen-bond donors (Lipinski definition) is 0. The van der Waals surface area contributed by atoms with Crippen LogP contribution in [0.2, 0.25) is 0 Å². The molecule has 0 amide bonds. The fourth-order valence-corrected chi connectivity index (χ4v) is 3.47. The van der Waals surface area contributed by atoms with E-state index in [1.807, 2.05) is 31.2 Å². The molecule has 0 saturated carbocycles. The van der Waals surface area contributed by atoms with Gasteiger partial charge in [-0.3, -0.25) is 14.6 Å². The van der Waals surface area contributed by atoms with Crippen LogP contribution in [-0.2, 0) is 0 Å². The van der Waals surface area contributed by atoms with Crippen LogP contribution in [-0.4, -0.2) is 61.0 Å². The van der Waals surface area contributed by atoms with Gasteiger partial charge in [-0.1, -0.05) is 12.1 Å². The van der Waals surface area contributed by atoms with Crippen LogP contribution in [0.1, 0.15) is 30.1 Å². The second-order valence-electron chi connectivity index (χ2n) is 5.92. The number of nitrogens with zero attached hydrogens (tertiary/aromatic N) is 2. The van der Waals surface area contributed by atoms with Crippen LogP contribution in [0.4, 0.5) is 0 Å². The van der Waals surface area contributed by atoms with Gasteiger partial charge in [0.1, 0.15) is 5.75 Å². The highest BCUT2D eigenvalue weighted by molar-refractivity contribution is 6.00. The van der Waals surface area contributed by atoms with Crippen molar-refractivity contribution in [3.8, 4) is 5.75 Å². The lowest BCUT2D eigenvalue weighted by molar-refractivity contribution is 0.0781. The minimum Gasteiger partial charge on any atom is -0.493 e. The first-order valence-corrected chi connectivity index (χ1v) is 7.99. The molecule has 1 atom stereocenters. The molecule has 2 aliphatic rings. The van der Waals surface area contributed by atoms with Crippen molar-refractivity contribution in [3.05, 3.63) is 29.8 Å². The molecule has 1 unspecified atom stereocenters. The Morgan fingerprint density at radius 2 is 2.14 bits per heavy atom. The average molecular weight is 288 g/mol. The first kappa shape index (κ1) is 14.5. The highest BCUT2D eigenvalue weighted by atomic mass is 16.5. The van der Waals surface area contributed by atoms with E-state index in [0.29, 0.717) is 30.5 Å². The first-order chi connectivity index (χ1) is 10.3. The van der Waals surface area contributed by atoms with Crippen molar-refractivity contribution in [3.63, 3.8) is 0 Å². The minimum absolute atomic E-state index is 0.172. The van der Waals surface area contributed by atoms with Crippen molar-refractivity contribution in [2.24, 2.45) is 0 Å². The lowest BCUT2D eigenvalue weighted by Crippen LogP contribution is -2.51. The second kappa shape index (κ2) is 6.58. The maximum absolute atomic E-state index is 12.6. The summed E-state index contributed by atoms with van der Waals surface area (Å²) in [5.41, 5.74) is 0.716. The minimum atomic E-state index is 0.172. The topological polar surface area (TPSA) is 32.8 Å². The van der Waals surface area contributed by atoms with Crippen LogP contribution < -0.4 is 4.74 Å². The third kappa shape index (κ3) is 3.27. The molecule has 3 rings (SSSR count). The van der Waals surface area contributed by atoms with Gasteiger partial charge in [-0.25, -0.2) is 0 Å². The number of para-hydroxylation sites is 1. The second-order valence-corrected chi connectivity index (χ2v) is 5.92. The number of ketones is 1. The monoisotopic (exact) mass is 288 g/mol. The van der Waals surface area contributed by atoms with Crippen molar-refractivity contribution in [2.45, 2.75) is 25.8 Å². The highest BCUT2D eigenvalue weighted by Crippen LogP contribution is 2.23.